The number of aromatic nitrogens is 1. The van der Waals surface area contributed by atoms with Crippen LogP contribution < -0.4 is 19.8 Å². The monoisotopic (exact) mass is 351 g/mol. The fourth-order valence-electron chi connectivity index (χ4n) is 3.64. The van der Waals surface area contributed by atoms with Crippen LogP contribution in [0.3, 0.4) is 0 Å². The van der Waals surface area contributed by atoms with Crippen LogP contribution in [0, 0.1) is 0 Å². The number of rotatable bonds is 3. The number of hydrogen-bond donors (Lipinski definition) is 0. The molecule has 1 heterocycles. The van der Waals surface area contributed by atoms with Crippen LogP contribution in [-0.2, 0) is 7.05 Å². The highest BCUT2D eigenvalue weighted by Crippen LogP contribution is 2.45. The summed E-state index contributed by atoms with van der Waals surface area (Å²) >= 11 is 0. The van der Waals surface area contributed by atoms with E-state index in [0.717, 1.165) is 0 Å². The lowest BCUT2D eigenvalue weighted by molar-refractivity contribution is 0.104. The topological polar surface area (TPSA) is 66.8 Å². The first kappa shape index (κ1) is 16.2. The van der Waals surface area contributed by atoms with E-state index in [1.165, 1.54) is 25.9 Å². The Morgan fingerprint density at radius 3 is 2.08 bits per heavy atom. The maximum atomic E-state index is 13.2. The quantitative estimate of drug-likeness (QED) is 0.568. The van der Waals surface area contributed by atoms with Crippen LogP contribution >= 0.6 is 0 Å². The third-order valence-electron chi connectivity index (χ3n) is 4.85. The molecule has 0 saturated heterocycles. The second-order valence-corrected chi connectivity index (χ2v) is 6.05. The second-order valence-electron chi connectivity index (χ2n) is 6.05. The fraction of sp³-hybridized carbons (Fsp3) is 0.200. The first-order chi connectivity index (χ1) is 12.5. The van der Waals surface area contributed by atoms with Crippen LogP contribution in [0.15, 0.2) is 35.1 Å². The Hall–Kier alpha value is -3.28. The van der Waals surface area contributed by atoms with Crippen molar-refractivity contribution in [2.75, 3.05) is 21.3 Å². The van der Waals surface area contributed by atoms with Crippen molar-refractivity contribution in [3.05, 3.63) is 51.8 Å². The molecule has 0 N–H and O–H groups in total. The molecule has 1 aromatic heterocycles. The van der Waals surface area contributed by atoms with Crippen molar-refractivity contribution >= 4 is 16.6 Å². The Kier molecular flexibility index (Phi) is 3.50. The molecule has 0 amide bonds. The number of hydrogen-bond acceptors (Lipinski definition) is 5. The van der Waals surface area contributed by atoms with Crippen molar-refractivity contribution in [1.29, 1.82) is 0 Å². The molecule has 132 valence electrons. The van der Waals surface area contributed by atoms with Crippen LogP contribution in [0.25, 0.3) is 22.0 Å². The molecule has 0 aliphatic heterocycles. The normalized spacial score (nSPS) is 12.1. The molecule has 26 heavy (non-hydrogen) atoms. The summed E-state index contributed by atoms with van der Waals surface area (Å²) in [6.07, 6.45) is 0. The van der Waals surface area contributed by atoms with Gasteiger partial charge in [0.05, 0.1) is 38.0 Å². The minimum atomic E-state index is -0.187. The molecular formula is C20H17NO5. The average Bonchev–Trinajstić information content (AvgIpc) is 2.96. The van der Waals surface area contributed by atoms with Crippen LogP contribution in [0.1, 0.15) is 15.9 Å². The number of carbonyl (C=O) groups excluding carboxylic acids is 1. The van der Waals surface area contributed by atoms with Gasteiger partial charge < -0.3 is 18.8 Å². The van der Waals surface area contributed by atoms with Gasteiger partial charge in [0, 0.05) is 23.6 Å². The van der Waals surface area contributed by atoms with Gasteiger partial charge in [-0.3, -0.25) is 9.59 Å². The number of carbonyl (C=O) groups is 1. The Balaban J connectivity index is 2.20. The van der Waals surface area contributed by atoms with Gasteiger partial charge in [0.15, 0.2) is 17.3 Å². The predicted molar refractivity (Wildman–Crippen MR) is 97.7 cm³/mol. The van der Waals surface area contributed by atoms with E-state index in [9.17, 15) is 9.59 Å². The van der Waals surface area contributed by atoms with Crippen molar-refractivity contribution in [1.82, 2.24) is 4.57 Å². The lowest BCUT2D eigenvalue weighted by Gasteiger charge is -2.13. The van der Waals surface area contributed by atoms with Gasteiger partial charge >= 0.3 is 0 Å². The number of ketones is 1. The van der Waals surface area contributed by atoms with Crippen molar-refractivity contribution in [3.63, 3.8) is 0 Å². The molecule has 0 fully saturated rings. The van der Waals surface area contributed by atoms with Gasteiger partial charge in [0.25, 0.3) is 5.56 Å². The zero-order valence-corrected chi connectivity index (χ0v) is 14.9. The summed E-state index contributed by atoms with van der Waals surface area (Å²) in [5.74, 6) is 1.30. The van der Waals surface area contributed by atoms with E-state index in [1.807, 2.05) is 0 Å². The highest BCUT2D eigenvalue weighted by molar-refractivity contribution is 6.27. The number of ether oxygens (including phenoxy) is 3. The second kappa shape index (κ2) is 5.62. The third kappa shape index (κ3) is 1.92. The molecule has 0 saturated carbocycles. The largest absolute Gasteiger partial charge is 0.496 e. The van der Waals surface area contributed by atoms with Gasteiger partial charge in [0.1, 0.15) is 5.75 Å². The van der Waals surface area contributed by atoms with Gasteiger partial charge in [-0.05, 0) is 24.3 Å². The van der Waals surface area contributed by atoms with E-state index in [4.69, 9.17) is 14.2 Å². The van der Waals surface area contributed by atoms with Crippen molar-refractivity contribution in [2.45, 2.75) is 0 Å². The minimum absolute atomic E-state index is 0.166. The number of pyridine rings is 1. The fourth-order valence-corrected chi connectivity index (χ4v) is 3.64. The van der Waals surface area contributed by atoms with Gasteiger partial charge in [-0.1, -0.05) is 6.07 Å². The van der Waals surface area contributed by atoms with Gasteiger partial charge in [-0.2, -0.15) is 0 Å². The van der Waals surface area contributed by atoms with Crippen LogP contribution in [0.2, 0.25) is 0 Å². The molecule has 0 atom stereocenters. The maximum absolute atomic E-state index is 13.2. The summed E-state index contributed by atoms with van der Waals surface area (Å²) in [5, 5.41) is 0.984. The Bertz CT molecular complexity index is 1140. The van der Waals surface area contributed by atoms with E-state index >= 15 is 0 Å². The Morgan fingerprint density at radius 2 is 1.46 bits per heavy atom. The molecule has 0 bridgehead atoms. The van der Waals surface area contributed by atoms with Crippen molar-refractivity contribution < 1.29 is 19.0 Å². The highest BCUT2D eigenvalue weighted by Gasteiger charge is 2.34. The molecule has 1 aliphatic rings. The first-order valence-electron chi connectivity index (χ1n) is 8.04. The maximum Gasteiger partial charge on any atom is 0.258 e. The average molecular weight is 351 g/mol. The summed E-state index contributed by atoms with van der Waals surface area (Å²) in [7, 11) is 6.24. The number of fused-ring (bicyclic) bond motifs is 5. The summed E-state index contributed by atoms with van der Waals surface area (Å²) < 4.78 is 17.6. The molecule has 1 aliphatic carbocycles. The van der Waals surface area contributed by atoms with E-state index in [0.29, 0.717) is 50.4 Å². The third-order valence-corrected chi connectivity index (χ3v) is 4.85. The Morgan fingerprint density at radius 1 is 0.846 bits per heavy atom. The summed E-state index contributed by atoms with van der Waals surface area (Å²) in [4.78, 5) is 26.1. The molecule has 6 heteroatoms. The van der Waals surface area contributed by atoms with Crippen LogP contribution in [0.4, 0.5) is 0 Å². The van der Waals surface area contributed by atoms with Gasteiger partial charge in [-0.25, -0.2) is 0 Å². The minimum Gasteiger partial charge on any atom is -0.496 e. The number of methoxy groups -OCH3 is 3. The predicted octanol–water partition coefficient (Wildman–Crippen LogP) is 2.78. The molecule has 4 rings (SSSR count). The van der Waals surface area contributed by atoms with E-state index < -0.39 is 0 Å². The van der Waals surface area contributed by atoms with E-state index in [1.54, 1.807) is 37.4 Å². The SMILES string of the molecule is COc1cc2c(cc1OC)-c1c(c3c(OC)cccc3c(=O)n1C)C2=O. The highest BCUT2D eigenvalue weighted by atomic mass is 16.5. The Labute approximate surface area is 149 Å². The molecule has 3 aromatic rings. The first-order valence-corrected chi connectivity index (χ1v) is 8.04. The van der Waals surface area contributed by atoms with Crippen molar-refractivity contribution in [2.24, 2.45) is 7.05 Å². The smallest absolute Gasteiger partial charge is 0.258 e. The molecular weight excluding hydrogens is 334 g/mol. The number of nitrogens with zero attached hydrogens (tertiary/aromatic N) is 1. The molecule has 0 unspecified atom stereocenters. The van der Waals surface area contributed by atoms with Gasteiger partial charge in [0.2, 0.25) is 0 Å². The molecule has 2 aromatic carbocycles. The van der Waals surface area contributed by atoms with E-state index in [2.05, 4.69) is 0 Å². The van der Waals surface area contributed by atoms with Crippen LogP contribution in [-0.4, -0.2) is 31.7 Å². The van der Waals surface area contributed by atoms with Gasteiger partial charge in [-0.15, -0.1) is 0 Å². The zero-order valence-electron chi connectivity index (χ0n) is 14.9. The zero-order chi connectivity index (χ0) is 18.6. The molecule has 6 nitrogen and oxygen atoms in total. The van der Waals surface area contributed by atoms with E-state index in [-0.39, 0.29) is 11.3 Å². The van der Waals surface area contributed by atoms with Crippen molar-refractivity contribution in [3.8, 4) is 28.5 Å². The molecule has 0 radical (unpaired) electrons. The summed E-state index contributed by atoms with van der Waals surface area (Å²) in [6, 6.07) is 8.59. The lowest BCUT2D eigenvalue weighted by atomic mass is 10.0. The summed E-state index contributed by atoms with van der Waals surface area (Å²) in [5.41, 5.74) is 1.96. The number of benzene rings is 2. The molecule has 0 spiro atoms. The van der Waals surface area contributed by atoms with Crippen LogP contribution in [0.5, 0.6) is 17.2 Å². The summed E-state index contributed by atoms with van der Waals surface area (Å²) in [6.45, 7) is 0. The standard InChI is InChI=1S/C20H17NO5/c1-21-18-11-8-14(25-3)15(26-4)9-12(11)19(22)17(18)16-10(20(21)23)6-5-7-13(16)24-2/h5-9H,1-4H3. The lowest BCUT2D eigenvalue weighted by Crippen LogP contribution is -2.20.